The van der Waals surface area contributed by atoms with Gasteiger partial charge in [-0.15, -0.1) is 0 Å². The van der Waals surface area contributed by atoms with Crippen LogP contribution in [0.1, 0.15) is 31.0 Å². The number of hydrogen-bond acceptors (Lipinski definition) is 3. The number of carboxylic acid groups (broad SMARTS) is 1. The summed E-state index contributed by atoms with van der Waals surface area (Å²) < 4.78 is 0. The highest BCUT2D eigenvalue weighted by Crippen LogP contribution is 2.13. The van der Waals surface area contributed by atoms with Crippen molar-refractivity contribution in [2.45, 2.75) is 26.8 Å². The van der Waals surface area contributed by atoms with Gasteiger partial charge in [-0.2, -0.15) is 0 Å². The van der Waals surface area contributed by atoms with E-state index in [2.05, 4.69) is 24.1 Å². The van der Waals surface area contributed by atoms with E-state index in [0.29, 0.717) is 6.54 Å². The first kappa shape index (κ1) is 15.7. The minimum absolute atomic E-state index is 0.629. The third-order valence-corrected chi connectivity index (χ3v) is 3.33. The third-order valence-electron chi connectivity index (χ3n) is 3.33. The molecule has 0 spiro atoms. The summed E-state index contributed by atoms with van der Waals surface area (Å²) in [5.41, 5.74) is 1.94. The number of aliphatic carboxylic acids is 1. The van der Waals surface area contributed by atoms with Crippen LogP contribution in [0.25, 0.3) is 0 Å². The number of aryl methyl sites for hydroxylation is 1. The first-order valence-electron chi connectivity index (χ1n) is 6.83. The van der Waals surface area contributed by atoms with Gasteiger partial charge in [0.25, 0.3) is 0 Å². The molecule has 0 radical (unpaired) electrons. The van der Waals surface area contributed by atoms with E-state index in [4.69, 9.17) is 0 Å². The van der Waals surface area contributed by atoms with E-state index in [1.54, 1.807) is 0 Å². The fourth-order valence-electron chi connectivity index (χ4n) is 2.01. The van der Waals surface area contributed by atoms with Gasteiger partial charge in [0.15, 0.2) is 0 Å². The Morgan fingerprint density at radius 1 is 1.26 bits per heavy atom. The smallest absolute Gasteiger partial charge is 0.325 e. The van der Waals surface area contributed by atoms with E-state index in [1.807, 2.05) is 31.2 Å². The zero-order valence-electron chi connectivity index (χ0n) is 12.0. The number of carbonyl (C=O) groups is 1. The predicted octanol–water partition coefficient (Wildman–Crippen LogP) is 2.05. The van der Waals surface area contributed by atoms with Gasteiger partial charge in [-0.05, 0) is 25.6 Å². The summed E-state index contributed by atoms with van der Waals surface area (Å²) in [6.45, 7) is 9.72. The van der Waals surface area contributed by atoms with E-state index in [-0.39, 0.29) is 0 Å². The van der Waals surface area contributed by atoms with Crippen LogP contribution in [0.2, 0.25) is 0 Å². The molecule has 1 aromatic carbocycles. The molecule has 0 heterocycles. The Morgan fingerprint density at radius 3 is 2.32 bits per heavy atom. The lowest BCUT2D eigenvalue weighted by molar-refractivity contribution is -0.139. The van der Waals surface area contributed by atoms with E-state index >= 15 is 0 Å². The fraction of sp³-hybridized carbons (Fsp3) is 0.533. The van der Waals surface area contributed by atoms with E-state index in [1.165, 1.54) is 0 Å². The van der Waals surface area contributed by atoms with Gasteiger partial charge in [0.1, 0.15) is 6.04 Å². The second-order valence-electron chi connectivity index (χ2n) is 4.66. The number of nitrogens with zero attached hydrogens (tertiary/aromatic N) is 1. The molecule has 1 atom stereocenters. The molecule has 4 nitrogen and oxygen atoms in total. The van der Waals surface area contributed by atoms with Crippen LogP contribution < -0.4 is 5.32 Å². The molecule has 0 aromatic heterocycles. The Labute approximate surface area is 115 Å². The van der Waals surface area contributed by atoms with Crippen LogP contribution in [-0.2, 0) is 4.79 Å². The minimum Gasteiger partial charge on any atom is -0.480 e. The number of rotatable bonds is 8. The van der Waals surface area contributed by atoms with Crippen LogP contribution in [0.5, 0.6) is 0 Å². The van der Waals surface area contributed by atoms with Gasteiger partial charge in [0.2, 0.25) is 0 Å². The molecular formula is C15H24N2O2. The van der Waals surface area contributed by atoms with Crippen LogP contribution in [0, 0.1) is 6.92 Å². The summed E-state index contributed by atoms with van der Waals surface area (Å²) >= 11 is 0. The number of hydrogen-bond donors (Lipinski definition) is 2. The molecule has 0 amide bonds. The lowest BCUT2D eigenvalue weighted by Crippen LogP contribution is -2.36. The Balaban J connectivity index is 2.59. The highest BCUT2D eigenvalue weighted by molar-refractivity contribution is 5.75. The molecule has 0 fully saturated rings. The summed E-state index contributed by atoms with van der Waals surface area (Å²) in [5, 5.41) is 12.4. The highest BCUT2D eigenvalue weighted by Gasteiger charge is 2.18. The second kappa shape index (κ2) is 7.92. The van der Waals surface area contributed by atoms with Gasteiger partial charge in [-0.3, -0.25) is 10.1 Å². The quantitative estimate of drug-likeness (QED) is 0.754. The Hall–Kier alpha value is -1.39. The van der Waals surface area contributed by atoms with Gasteiger partial charge in [0, 0.05) is 13.1 Å². The Kier molecular flexibility index (Phi) is 6.53. The summed E-state index contributed by atoms with van der Waals surface area (Å²) in [6.07, 6.45) is 0. The molecule has 0 aliphatic rings. The average molecular weight is 264 g/mol. The van der Waals surface area contributed by atoms with Crippen molar-refractivity contribution >= 4 is 5.97 Å². The Bertz CT molecular complexity index is 386. The molecule has 0 aliphatic heterocycles. The molecular weight excluding hydrogens is 240 g/mol. The molecule has 4 heteroatoms. The fourth-order valence-corrected chi connectivity index (χ4v) is 2.01. The normalized spacial score (nSPS) is 12.6. The molecule has 106 valence electrons. The van der Waals surface area contributed by atoms with Crippen molar-refractivity contribution < 1.29 is 9.90 Å². The molecule has 1 aromatic rings. The van der Waals surface area contributed by atoms with Crippen LogP contribution in [0.15, 0.2) is 24.3 Å². The van der Waals surface area contributed by atoms with Crippen LogP contribution >= 0.6 is 0 Å². The first-order valence-corrected chi connectivity index (χ1v) is 6.83. The zero-order chi connectivity index (χ0) is 14.3. The summed E-state index contributed by atoms with van der Waals surface area (Å²) in [5.74, 6) is -0.830. The molecule has 1 unspecified atom stereocenters. The number of likely N-dealkylation sites (N-methyl/N-ethyl adjacent to an activating group) is 1. The monoisotopic (exact) mass is 264 g/mol. The van der Waals surface area contributed by atoms with Crippen LogP contribution in [-0.4, -0.2) is 42.2 Å². The minimum atomic E-state index is -0.830. The van der Waals surface area contributed by atoms with Crippen LogP contribution in [0.3, 0.4) is 0 Å². The van der Waals surface area contributed by atoms with Crippen molar-refractivity contribution in [2.75, 3.05) is 26.2 Å². The van der Waals surface area contributed by atoms with Gasteiger partial charge in [-0.25, -0.2) is 0 Å². The average Bonchev–Trinajstić information content (AvgIpc) is 2.40. The number of nitrogens with one attached hydrogen (secondary N) is 1. The van der Waals surface area contributed by atoms with E-state index < -0.39 is 12.0 Å². The maximum absolute atomic E-state index is 11.3. The van der Waals surface area contributed by atoms with Gasteiger partial charge in [-0.1, -0.05) is 43.7 Å². The van der Waals surface area contributed by atoms with Crippen molar-refractivity contribution in [1.82, 2.24) is 10.2 Å². The molecule has 2 N–H and O–H groups in total. The van der Waals surface area contributed by atoms with Crippen molar-refractivity contribution in [3.63, 3.8) is 0 Å². The van der Waals surface area contributed by atoms with Crippen molar-refractivity contribution in [3.05, 3.63) is 35.4 Å². The van der Waals surface area contributed by atoms with E-state index in [9.17, 15) is 9.90 Å². The predicted molar refractivity (Wildman–Crippen MR) is 77.3 cm³/mol. The third kappa shape index (κ3) is 5.01. The van der Waals surface area contributed by atoms with Crippen molar-refractivity contribution in [3.8, 4) is 0 Å². The van der Waals surface area contributed by atoms with Gasteiger partial charge in [0.05, 0.1) is 0 Å². The summed E-state index contributed by atoms with van der Waals surface area (Å²) in [4.78, 5) is 13.6. The van der Waals surface area contributed by atoms with Gasteiger partial charge >= 0.3 is 5.97 Å². The molecule has 0 saturated carbocycles. The Morgan fingerprint density at radius 2 is 1.84 bits per heavy atom. The standard InChI is InChI=1S/C15H24N2O2/c1-4-17(5-2)11-10-16-14(15(18)19)13-8-6-12(3)7-9-13/h6-9,14,16H,4-5,10-11H2,1-3H3,(H,18,19). The van der Waals surface area contributed by atoms with Crippen molar-refractivity contribution in [2.24, 2.45) is 0 Å². The lowest BCUT2D eigenvalue weighted by atomic mass is 10.1. The second-order valence-corrected chi connectivity index (χ2v) is 4.66. The van der Waals surface area contributed by atoms with Crippen LogP contribution in [0.4, 0.5) is 0 Å². The first-order chi connectivity index (χ1) is 9.08. The highest BCUT2D eigenvalue weighted by atomic mass is 16.4. The van der Waals surface area contributed by atoms with Gasteiger partial charge < -0.3 is 10.0 Å². The number of carboxylic acids is 1. The SMILES string of the molecule is CCN(CC)CCNC(C(=O)O)c1ccc(C)cc1. The maximum atomic E-state index is 11.3. The van der Waals surface area contributed by atoms with Crippen molar-refractivity contribution in [1.29, 1.82) is 0 Å². The zero-order valence-corrected chi connectivity index (χ0v) is 12.0. The summed E-state index contributed by atoms with van der Waals surface area (Å²) in [7, 11) is 0. The lowest BCUT2D eigenvalue weighted by Gasteiger charge is -2.20. The molecule has 0 saturated heterocycles. The largest absolute Gasteiger partial charge is 0.480 e. The number of benzene rings is 1. The molecule has 19 heavy (non-hydrogen) atoms. The molecule has 0 aliphatic carbocycles. The molecule has 1 rings (SSSR count). The van der Waals surface area contributed by atoms with E-state index in [0.717, 1.165) is 30.8 Å². The molecule has 0 bridgehead atoms. The maximum Gasteiger partial charge on any atom is 0.325 e. The topological polar surface area (TPSA) is 52.6 Å². The summed E-state index contributed by atoms with van der Waals surface area (Å²) in [6, 6.07) is 7.00.